The van der Waals surface area contributed by atoms with E-state index in [1.807, 2.05) is 12.1 Å². The predicted octanol–water partition coefficient (Wildman–Crippen LogP) is 3.90. The lowest BCUT2D eigenvalue weighted by Gasteiger charge is -2.29. The minimum Gasteiger partial charge on any atom is -0.508 e. The molecule has 6 heteroatoms. The Morgan fingerprint density at radius 2 is 1.71 bits per heavy atom. The zero-order valence-electron chi connectivity index (χ0n) is 16.5. The lowest BCUT2D eigenvalue weighted by atomic mass is 10.1. The van der Waals surface area contributed by atoms with Crippen LogP contribution in [0.4, 0.5) is 0 Å². The second-order valence-corrected chi connectivity index (χ2v) is 6.91. The Balaban J connectivity index is 0.00000280. The summed E-state index contributed by atoms with van der Waals surface area (Å²) in [5, 5.41) is 16.3. The van der Waals surface area contributed by atoms with Crippen LogP contribution in [-0.2, 0) is 6.54 Å². The zero-order chi connectivity index (χ0) is 18.9. The van der Waals surface area contributed by atoms with Crippen LogP contribution < -0.4 is 10.6 Å². The first-order valence-electron chi connectivity index (χ1n) is 9.85. The van der Waals surface area contributed by atoms with Crippen LogP contribution in [-0.4, -0.2) is 42.1 Å². The topological polar surface area (TPSA) is 59.9 Å². The zero-order valence-corrected chi connectivity index (χ0v) is 18.8. The van der Waals surface area contributed by atoms with Crippen LogP contribution in [0.3, 0.4) is 0 Å². The number of aliphatic imine (C=N–C) groups is 1. The van der Waals surface area contributed by atoms with Crippen LogP contribution >= 0.6 is 24.0 Å². The third-order valence-corrected chi connectivity index (χ3v) is 4.93. The Labute approximate surface area is 185 Å². The van der Waals surface area contributed by atoms with E-state index in [0.29, 0.717) is 12.6 Å². The smallest absolute Gasteiger partial charge is 0.191 e. The van der Waals surface area contributed by atoms with E-state index in [4.69, 9.17) is 4.99 Å². The van der Waals surface area contributed by atoms with Gasteiger partial charge in [0.05, 0.1) is 12.6 Å². The summed E-state index contributed by atoms with van der Waals surface area (Å²) in [6.07, 6.45) is 2.55. The molecule has 0 aliphatic carbocycles. The number of hydrogen-bond acceptors (Lipinski definition) is 3. The van der Waals surface area contributed by atoms with Gasteiger partial charge in [0.15, 0.2) is 5.96 Å². The Bertz CT molecular complexity index is 715. The first-order chi connectivity index (χ1) is 13.3. The molecule has 152 valence electrons. The molecule has 28 heavy (non-hydrogen) atoms. The molecule has 3 N–H and O–H groups in total. The summed E-state index contributed by atoms with van der Waals surface area (Å²) in [5.41, 5.74) is 2.42. The van der Waals surface area contributed by atoms with Crippen LogP contribution in [0.2, 0.25) is 0 Å². The maximum atomic E-state index is 9.41. The molecule has 0 saturated carbocycles. The molecule has 1 aliphatic rings. The summed E-state index contributed by atoms with van der Waals surface area (Å²) in [4.78, 5) is 7.26. The normalized spacial score (nSPS) is 15.7. The quantitative estimate of drug-likeness (QED) is 0.311. The van der Waals surface area contributed by atoms with Crippen LogP contribution in [0, 0.1) is 0 Å². The predicted molar refractivity (Wildman–Crippen MR) is 126 cm³/mol. The Morgan fingerprint density at radius 3 is 2.36 bits per heavy atom. The average Bonchev–Trinajstić information content (AvgIpc) is 3.23. The highest BCUT2D eigenvalue weighted by Gasteiger charge is 2.23. The molecule has 1 atom stereocenters. The number of phenols is 1. The Morgan fingerprint density at radius 1 is 1.04 bits per heavy atom. The van der Waals surface area contributed by atoms with Crippen LogP contribution in [0.1, 0.15) is 36.9 Å². The van der Waals surface area contributed by atoms with E-state index in [1.54, 1.807) is 12.1 Å². The van der Waals surface area contributed by atoms with Crippen molar-refractivity contribution < 1.29 is 5.11 Å². The number of rotatable bonds is 7. The van der Waals surface area contributed by atoms with E-state index >= 15 is 0 Å². The van der Waals surface area contributed by atoms with Crippen molar-refractivity contribution in [1.29, 1.82) is 0 Å². The van der Waals surface area contributed by atoms with Crippen molar-refractivity contribution in [3.63, 3.8) is 0 Å². The lowest BCUT2D eigenvalue weighted by Crippen LogP contribution is -2.42. The van der Waals surface area contributed by atoms with Gasteiger partial charge in [0.2, 0.25) is 0 Å². The largest absolute Gasteiger partial charge is 0.508 e. The fourth-order valence-corrected chi connectivity index (χ4v) is 3.49. The summed E-state index contributed by atoms with van der Waals surface area (Å²) in [5.74, 6) is 1.11. The SMILES string of the molecule is CCNC(=NCc1ccc(O)cc1)NCC(c1ccccc1)N1CCCC1.I. The van der Waals surface area contributed by atoms with Crippen molar-refractivity contribution in [2.45, 2.75) is 32.4 Å². The standard InChI is InChI=1S/C22H30N4O.HI/c1-2-23-22(24-16-18-10-12-20(27)13-11-18)25-17-21(26-14-6-7-15-26)19-8-4-3-5-9-19;/h3-5,8-13,21,27H,2,6-7,14-17H2,1H3,(H2,23,24,25);1H. The maximum absolute atomic E-state index is 9.41. The highest BCUT2D eigenvalue weighted by molar-refractivity contribution is 14.0. The molecule has 1 saturated heterocycles. The highest BCUT2D eigenvalue weighted by atomic mass is 127. The molecule has 1 heterocycles. The van der Waals surface area contributed by atoms with Crippen LogP contribution in [0.25, 0.3) is 0 Å². The molecular weight excluding hydrogens is 463 g/mol. The summed E-state index contributed by atoms with van der Waals surface area (Å²) in [6, 6.07) is 18.3. The van der Waals surface area contributed by atoms with E-state index in [-0.39, 0.29) is 29.7 Å². The molecule has 5 nitrogen and oxygen atoms in total. The summed E-state index contributed by atoms with van der Waals surface area (Å²) < 4.78 is 0. The molecule has 1 aliphatic heterocycles. The van der Waals surface area contributed by atoms with Crippen molar-refractivity contribution in [1.82, 2.24) is 15.5 Å². The number of likely N-dealkylation sites (tertiary alicyclic amines) is 1. The molecule has 1 unspecified atom stereocenters. The van der Waals surface area contributed by atoms with Gasteiger partial charge in [-0.2, -0.15) is 0 Å². The van der Waals surface area contributed by atoms with Gasteiger partial charge >= 0.3 is 0 Å². The summed E-state index contributed by atoms with van der Waals surface area (Å²) in [7, 11) is 0. The molecule has 2 aromatic carbocycles. The molecule has 0 aromatic heterocycles. The highest BCUT2D eigenvalue weighted by Crippen LogP contribution is 2.24. The van der Waals surface area contributed by atoms with Gasteiger partial charge in [0.1, 0.15) is 5.75 Å². The fraction of sp³-hybridized carbons (Fsp3) is 0.409. The number of halogens is 1. The van der Waals surface area contributed by atoms with Crippen molar-refractivity contribution in [3.05, 3.63) is 65.7 Å². The number of hydrogen-bond donors (Lipinski definition) is 3. The summed E-state index contributed by atoms with van der Waals surface area (Å²) >= 11 is 0. The number of phenolic OH excluding ortho intramolecular Hbond substituents is 1. The first-order valence-corrected chi connectivity index (χ1v) is 9.85. The maximum Gasteiger partial charge on any atom is 0.191 e. The molecular formula is C22H31IN4O. The van der Waals surface area contributed by atoms with E-state index in [1.165, 1.54) is 18.4 Å². The molecule has 0 bridgehead atoms. The average molecular weight is 494 g/mol. The number of aromatic hydroxyl groups is 1. The van der Waals surface area contributed by atoms with Gasteiger partial charge < -0.3 is 15.7 Å². The van der Waals surface area contributed by atoms with Crippen molar-refractivity contribution in [3.8, 4) is 5.75 Å². The third-order valence-electron chi connectivity index (χ3n) is 4.93. The number of guanidine groups is 1. The third kappa shape index (κ3) is 6.67. The Kier molecular flexibility index (Phi) is 9.57. The monoisotopic (exact) mass is 494 g/mol. The number of nitrogens with one attached hydrogen (secondary N) is 2. The molecule has 1 fully saturated rings. The minimum absolute atomic E-state index is 0. The van der Waals surface area contributed by atoms with Gasteiger partial charge in [-0.15, -0.1) is 24.0 Å². The van der Waals surface area contributed by atoms with E-state index in [0.717, 1.165) is 37.7 Å². The van der Waals surface area contributed by atoms with E-state index in [9.17, 15) is 5.11 Å². The molecule has 2 aromatic rings. The van der Waals surface area contributed by atoms with Crippen LogP contribution in [0.15, 0.2) is 59.6 Å². The second-order valence-electron chi connectivity index (χ2n) is 6.91. The van der Waals surface area contributed by atoms with Gasteiger partial charge in [-0.1, -0.05) is 42.5 Å². The van der Waals surface area contributed by atoms with E-state index in [2.05, 4.69) is 52.8 Å². The fourth-order valence-electron chi connectivity index (χ4n) is 3.49. The molecule has 0 spiro atoms. The van der Waals surface area contributed by atoms with Crippen molar-refractivity contribution >= 4 is 29.9 Å². The lowest BCUT2D eigenvalue weighted by molar-refractivity contribution is 0.245. The van der Waals surface area contributed by atoms with Crippen molar-refractivity contribution in [2.24, 2.45) is 4.99 Å². The van der Waals surface area contributed by atoms with Crippen LogP contribution in [0.5, 0.6) is 5.75 Å². The molecule has 0 amide bonds. The van der Waals surface area contributed by atoms with Gasteiger partial charge in [-0.3, -0.25) is 4.90 Å². The molecule has 3 rings (SSSR count). The van der Waals surface area contributed by atoms with Crippen molar-refractivity contribution in [2.75, 3.05) is 26.2 Å². The van der Waals surface area contributed by atoms with E-state index < -0.39 is 0 Å². The number of benzene rings is 2. The van der Waals surface area contributed by atoms with Gasteiger partial charge in [0, 0.05) is 13.1 Å². The first kappa shape index (κ1) is 22.5. The number of nitrogens with zero attached hydrogens (tertiary/aromatic N) is 2. The Hall–Kier alpha value is -1.80. The second kappa shape index (κ2) is 11.9. The summed E-state index contributed by atoms with van der Waals surface area (Å²) in [6.45, 7) is 6.61. The minimum atomic E-state index is 0. The van der Waals surface area contributed by atoms with Gasteiger partial charge in [0.25, 0.3) is 0 Å². The van der Waals surface area contributed by atoms with Gasteiger partial charge in [-0.25, -0.2) is 4.99 Å². The van der Waals surface area contributed by atoms with Gasteiger partial charge in [-0.05, 0) is 56.1 Å². The molecule has 0 radical (unpaired) electrons.